The number of rotatable bonds is 7. The number of amides is 1. The summed E-state index contributed by atoms with van der Waals surface area (Å²) >= 11 is 0. The summed E-state index contributed by atoms with van der Waals surface area (Å²) < 4.78 is 30.6. The van der Waals surface area contributed by atoms with Crippen LogP contribution in [0.25, 0.3) is 0 Å². The lowest BCUT2D eigenvalue weighted by molar-refractivity contribution is -0.115. The van der Waals surface area contributed by atoms with Gasteiger partial charge in [-0.15, -0.1) is 0 Å². The van der Waals surface area contributed by atoms with Gasteiger partial charge in [-0.3, -0.25) is 9.00 Å². The summed E-state index contributed by atoms with van der Waals surface area (Å²) in [4.78, 5) is 12.3. The van der Waals surface area contributed by atoms with Gasteiger partial charge in [0, 0.05) is 16.5 Å². The molecule has 0 aliphatic heterocycles. The summed E-state index contributed by atoms with van der Waals surface area (Å²) in [6, 6.07) is 13.3. The fourth-order valence-electron chi connectivity index (χ4n) is 2.37. The third kappa shape index (κ3) is 6.47. The van der Waals surface area contributed by atoms with E-state index in [9.17, 15) is 13.4 Å². The highest BCUT2D eigenvalue weighted by molar-refractivity contribution is 7.86. The van der Waals surface area contributed by atoms with E-state index in [2.05, 4.69) is 26.1 Å². The molecule has 0 saturated heterocycles. The number of halogens is 1. The third-order valence-corrected chi connectivity index (χ3v) is 5.72. The SMILES string of the molecule is C[C@@H](C(=O)Nc1ccc(C(C)(C)C)cc1)[S@@](=O)CCOc1ccc(F)cc1. The van der Waals surface area contributed by atoms with E-state index in [1.807, 2.05) is 24.3 Å². The molecule has 0 unspecified atom stereocenters. The van der Waals surface area contributed by atoms with Gasteiger partial charge in [-0.2, -0.15) is 0 Å². The van der Waals surface area contributed by atoms with Gasteiger partial charge in [-0.1, -0.05) is 32.9 Å². The summed E-state index contributed by atoms with van der Waals surface area (Å²) in [7, 11) is -1.38. The van der Waals surface area contributed by atoms with Crippen LogP contribution in [0.2, 0.25) is 0 Å². The van der Waals surface area contributed by atoms with Crippen LogP contribution in [0.3, 0.4) is 0 Å². The lowest BCUT2D eigenvalue weighted by atomic mass is 9.87. The van der Waals surface area contributed by atoms with Gasteiger partial charge in [0.15, 0.2) is 0 Å². The zero-order chi connectivity index (χ0) is 20.0. The van der Waals surface area contributed by atoms with E-state index in [4.69, 9.17) is 4.74 Å². The summed E-state index contributed by atoms with van der Waals surface area (Å²) in [5, 5.41) is 2.14. The molecule has 0 aliphatic rings. The Kier molecular flexibility index (Phi) is 7.13. The van der Waals surface area contributed by atoms with Crippen LogP contribution in [-0.4, -0.2) is 27.7 Å². The number of ether oxygens (including phenoxy) is 1. The van der Waals surface area contributed by atoms with Crippen LogP contribution in [0.5, 0.6) is 5.75 Å². The first kappa shape index (κ1) is 21.1. The van der Waals surface area contributed by atoms with Crippen LogP contribution in [-0.2, 0) is 21.0 Å². The van der Waals surface area contributed by atoms with E-state index in [1.165, 1.54) is 29.8 Å². The highest BCUT2D eigenvalue weighted by Gasteiger charge is 2.20. The Morgan fingerprint density at radius 3 is 2.26 bits per heavy atom. The molecule has 0 saturated carbocycles. The molecule has 2 aromatic carbocycles. The van der Waals surface area contributed by atoms with Gasteiger partial charge >= 0.3 is 0 Å². The van der Waals surface area contributed by atoms with Gasteiger partial charge in [0.05, 0.1) is 12.4 Å². The van der Waals surface area contributed by atoms with Gasteiger partial charge in [0.25, 0.3) is 0 Å². The minimum Gasteiger partial charge on any atom is -0.493 e. The van der Waals surface area contributed by atoms with Crippen molar-refractivity contribution in [3.63, 3.8) is 0 Å². The zero-order valence-corrected chi connectivity index (χ0v) is 16.9. The number of anilines is 1. The molecule has 4 nitrogen and oxygen atoms in total. The molecule has 1 N–H and O–H groups in total. The van der Waals surface area contributed by atoms with Crippen LogP contribution in [0.4, 0.5) is 10.1 Å². The number of carbonyl (C=O) groups excluding carboxylic acids is 1. The summed E-state index contributed by atoms with van der Waals surface area (Å²) in [6.07, 6.45) is 0. The Morgan fingerprint density at radius 1 is 1.11 bits per heavy atom. The highest BCUT2D eigenvalue weighted by atomic mass is 32.2. The van der Waals surface area contributed by atoms with Crippen molar-refractivity contribution in [3.8, 4) is 5.75 Å². The third-order valence-electron chi connectivity index (χ3n) is 4.15. The molecule has 0 radical (unpaired) electrons. The van der Waals surface area contributed by atoms with Crippen molar-refractivity contribution in [2.24, 2.45) is 0 Å². The lowest BCUT2D eigenvalue weighted by Gasteiger charge is -2.19. The summed E-state index contributed by atoms with van der Waals surface area (Å²) in [5.74, 6) is 0.0874. The molecular formula is C21H26FNO3S. The Bertz CT molecular complexity index is 783. The molecule has 2 rings (SSSR count). The molecule has 0 aromatic heterocycles. The topological polar surface area (TPSA) is 55.4 Å². The number of hydrogen-bond acceptors (Lipinski definition) is 3. The second-order valence-electron chi connectivity index (χ2n) is 7.35. The minimum absolute atomic E-state index is 0.0435. The smallest absolute Gasteiger partial charge is 0.239 e. The first-order valence-electron chi connectivity index (χ1n) is 8.84. The van der Waals surface area contributed by atoms with E-state index in [1.54, 1.807) is 6.92 Å². The van der Waals surface area contributed by atoms with Crippen molar-refractivity contribution < 1.29 is 18.1 Å². The molecule has 27 heavy (non-hydrogen) atoms. The maximum absolute atomic E-state index is 12.8. The predicted molar refractivity (Wildman–Crippen MR) is 108 cm³/mol. The molecular weight excluding hydrogens is 365 g/mol. The van der Waals surface area contributed by atoms with E-state index in [0.717, 1.165) is 0 Å². The monoisotopic (exact) mass is 391 g/mol. The van der Waals surface area contributed by atoms with Gasteiger partial charge in [-0.05, 0) is 54.3 Å². The van der Waals surface area contributed by atoms with E-state index in [-0.39, 0.29) is 29.5 Å². The van der Waals surface area contributed by atoms with Crippen molar-refractivity contribution in [3.05, 3.63) is 59.9 Å². The lowest BCUT2D eigenvalue weighted by Crippen LogP contribution is -2.31. The maximum Gasteiger partial charge on any atom is 0.239 e. The Balaban J connectivity index is 1.83. The minimum atomic E-state index is -1.38. The number of carbonyl (C=O) groups is 1. The van der Waals surface area contributed by atoms with E-state index < -0.39 is 16.0 Å². The Labute approximate surface area is 162 Å². The quantitative estimate of drug-likeness (QED) is 0.767. The average Bonchev–Trinajstić information content (AvgIpc) is 2.62. The molecule has 0 fully saturated rings. The van der Waals surface area contributed by atoms with Crippen LogP contribution in [0.15, 0.2) is 48.5 Å². The van der Waals surface area contributed by atoms with E-state index >= 15 is 0 Å². The highest BCUT2D eigenvalue weighted by Crippen LogP contribution is 2.23. The average molecular weight is 392 g/mol. The molecule has 0 spiro atoms. The van der Waals surface area contributed by atoms with Crippen LogP contribution in [0.1, 0.15) is 33.3 Å². The van der Waals surface area contributed by atoms with Gasteiger partial charge in [0.2, 0.25) is 5.91 Å². The Hall–Kier alpha value is -2.21. The van der Waals surface area contributed by atoms with Crippen LogP contribution < -0.4 is 10.1 Å². The molecule has 0 bridgehead atoms. The fraction of sp³-hybridized carbons (Fsp3) is 0.381. The first-order chi connectivity index (χ1) is 12.7. The first-order valence-corrected chi connectivity index (χ1v) is 10.2. The number of benzene rings is 2. The van der Waals surface area contributed by atoms with Crippen LogP contribution >= 0.6 is 0 Å². The summed E-state index contributed by atoms with van der Waals surface area (Å²) in [6.45, 7) is 8.20. The zero-order valence-electron chi connectivity index (χ0n) is 16.1. The standard InChI is InChI=1S/C21H26FNO3S/c1-15(27(25)14-13-26-19-11-7-17(22)8-12-19)20(24)23-18-9-5-16(6-10-18)21(2,3)4/h5-12,15H,13-14H2,1-4H3,(H,23,24)/t15-,27-/m0/s1. The molecule has 2 atom stereocenters. The van der Waals surface area contributed by atoms with E-state index in [0.29, 0.717) is 11.4 Å². The van der Waals surface area contributed by atoms with Crippen molar-refractivity contribution in [1.82, 2.24) is 0 Å². The van der Waals surface area contributed by atoms with Gasteiger partial charge in [-0.25, -0.2) is 4.39 Å². The molecule has 0 aliphatic carbocycles. The fourth-order valence-corrected chi connectivity index (χ4v) is 3.26. The molecule has 1 amide bonds. The second kappa shape index (κ2) is 9.13. The van der Waals surface area contributed by atoms with Gasteiger partial charge < -0.3 is 10.1 Å². The molecule has 2 aromatic rings. The summed E-state index contributed by atoms with van der Waals surface area (Å²) in [5.41, 5.74) is 1.90. The Morgan fingerprint density at radius 2 is 1.70 bits per heavy atom. The molecule has 0 heterocycles. The van der Waals surface area contributed by atoms with Crippen molar-refractivity contribution in [2.75, 3.05) is 17.7 Å². The maximum atomic E-state index is 12.8. The number of nitrogens with one attached hydrogen (secondary N) is 1. The predicted octanol–water partition coefficient (Wildman–Crippen LogP) is 4.28. The normalized spacial score (nSPS) is 13.7. The van der Waals surface area contributed by atoms with Crippen molar-refractivity contribution >= 4 is 22.4 Å². The van der Waals surface area contributed by atoms with Crippen LogP contribution in [0, 0.1) is 5.82 Å². The van der Waals surface area contributed by atoms with Crippen molar-refractivity contribution in [2.45, 2.75) is 38.4 Å². The second-order valence-corrected chi connectivity index (χ2v) is 9.22. The molecule has 146 valence electrons. The van der Waals surface area contributed by atoms with Gasteiger partial charge in [0.1, 0.15) is 16.8 Å². The molecule has 6 heteroatoms. The van der Waals surface area contributed by atoms with Crippen molar-refractivity contribution in [1.29, 1.82) is 0 Å². The number of hydrogen-bond donors (Lipinski definition) is 1. The largest absolute Gasteiger partial charge is 0.493 e.